The molecule has 0 spiro atoms. The van der Waals surface area contributed by atoms with Gasteiger partial charge in [-0.25, -0.2) is 4.98 Å². The summed E-state index contributed by atoms with van der Waals surface area (Å²) < 4.78 is 0. The first-order valence-corrected chi connectivity index (χ1v) is 9.71. The van der Waals surface area contributed by atoms with Crippen LogP contribution in [0.1, 0.15) is 69.1 Å². The summed E-state index contributed by atoms with van der Waals surface area (Å²) in [5.74, 6) is 1.17. The number of aromatic nitrogens is 2. The van der Waals surface area contributed by atoms with Crippen molar-refractivity contribution in [3.05, 3.63) is 27.4 Å². The molecule has 2 fully saturated rings. The van der Waals surface area contributed by atoms with Gasteiger partial charge in [-0.15, -0.1) is 0 Å². The van der Waals surface area contributed by atoms with Crippen molar-refractivity contribution in [2.75, 3.05) is 13.1 Å². The Labute approximate surface area is 148 Å². The molecule has 1 amide bonds. The van der Waals surface area contributed by atoms with E-state index in [-0.39, 0.29) is 23.4 Å². The molecule has 3 aliphatic rings. The molecule has 1 N–H and O–H groups in total. The lowest BCUT2D eigenvalue weighted by molar-refractivity contribution is -0.136. The molecule has 1 saturated heterocycles. The Kier molecular flexibility index (Phi) is 4.40. The zero-order valence-corrected chi connectivity index (χ0v) is 15.3. The van der Waals surface area contributed by atoms with Gasteiger partial charge in [-0.3, -0.25) is 14.5 Å². The van der Waals surface area contributed by atoms with Crippen molar-refractivity contribution in [2.24, 2.45) is 5.92 Å². The standard InChI is InChI=1S/C19H28N4O2/c1-12(2)22-10-8-14-15(11-22)20-17(21-18(14)24)16-5-3-4-9-23(16)19(25)13-6-7-13/h12-13,16H,3-11H2,1-2H3,(H,20,21,24)/t16-/m1/s1. The Bertz CT molecular complexity index is 723. The second kappa shape index (κ2) is 6.56. The number of amides is 1. The maximum Gasteiger partial charge on any atom is 0.254 e. The highest BCUT2D eigenvalue weighted by molar-refractivity contribution is 5.81. The van der Waals surface area contributed by atoms with Crippen LogP contribution in [0, 0.1) is 5.92 Å². The van der Waals surface area contributed by atoms with Crippen molar-refractivity contribution < 1.29 is 4.79 Å². The lowest BCUT2D eigenvalue weighted by Crippen LogP contribution is -2.43. The number of H-pyrrole nitrogens is 1. The Morgan fingerprint density at radius 3 is 2.72 bits per heavy atom. The average molecular weight is 344 g/mol. The van der Waals surface area contributed by atoms with Crippen LogP contribution in [-0.4, -0.2) is 44.8 Å². The normalized spacial score (nSPS) is 24.4. The van der Waals surface area contributed by atoms with E-state index in [4.69, 9.17) is 4.98 Å². The Balaban J connectivity index is 1.65. The lowest BCUT2D eigenvalue weighted by atomic mass is 9.99. The summed E-state index contributed by atoms with van der Waals surface area (Å²) in [6.07, 6.45) is 5.81. The number of aromatic amines is 1. The van der Waals surface area contributed by atoms with Crippen LogP contribution in [0.25, 0.3) is 0 Å². The van der Waals surface area contributed by atoms with E-state index in [9.17, 15) is 9.59 Å². The molecule has 0 aromatic carbocycles. The molecule has 2 aliphatic heterocycles. The first-order valence-electron chi connectivity index (χ1n) is 9.71. The van der Waals surface area contributed by atoms with Crippen LogP contribution < -0.4 is 5.56 Å². The highest BCUT2D eigenvalue weighted by atomic mass is 16.2. The fourth-order valence-electron chi connectivity index (χ4n) is 4.12. The molecule has 1 aromatic rings. The van der Waals surface area contributed by atoms with Crippen LogP contribution in [0.5, 0.6) is 0 Å². The summed E-state index contributed by atoms with van der Waals surface area (Å²) in [5, 5.41) is 0. The second-order valence-electron chi connectivity index (χ2n) is 8.01. The van der Waals surface area contributed by atoms with Crippen molar-refractivity contribution in [3.63, 3.8) is 0 Å². The molecule has 6 nitrogen and oxygen atoms in total. The largest absolute Gasteiger partial charge is 0.332 e. The zero-order valence-electron chi connectivity index (χ0n) is 15.3. The van der Waals surface area contributed by atoms with Crippen LogP contribution in [0.4, 0.5) is 0 Å². The summed E-state index contributed by atoms with van der Waals surface area (Å²) in [4.78, 5) is 37.5. The van der Waals surface area contributed by atoms with Gasteiger partial charge < -0.3 is 9.88 Å². The predicted octanol–water partition coefficient (Wildman–Crippen LogP) is 2.00. The van der Waals surface area contributed by atoms with E-state index < -0.39 is 0 Å². The fourth-order valence-corrected chi connectivity index (χ4v) is 4.12. The third-order valence-corrected chi connectivity index (χ3v) is 5.88. The molecular weight excluding hydrogens is 316 g/mol. The van der Waals surface area contributed by atoms with Crippen LogP contribution in [0.3, 0.4) is 0 Å². The van der Waals surface area contributed by atoms with E-state index in [1.54, 1.807) is 0 Å². The molecule has 1 atom stereocenters. The van der Waals surface area contributed by atoms with Crippen LogP contribution in [-0.2, 0) is 17.8 Å². The third kappa shape index (κ3) is 3.24. The summed E-state index contributed by atoms with van der Waals surface area (Å²) >= 11 is 0. The molecule has 4 rings (SSSR count). The second-order valence-corrected chi connectivity index (χ2v) is 8.01. The highest BCUT2D eigenvalue weighted by Gasteiger charge is 2.38. The fraction of sp³-hybridized carbons (Fsp3) is 0.737. The highest BCUT2D eigenvalue weighted by Crippen LogP contribution is 2.37. The minimum absolute atomic E-state index is 0.00667. The van der Waals surface area contributed by atoms with E-state index in [2.05, 4.69) is 23.7 Å². The van der Waals surface area contributed by atoms with Gasteiger partial charge in [0.2, 0.25) is 5.91 Å². The van der Waals surface area contributed by atoms with E-state index in [1.165, 1.54) is 0 Å². The van der Waals surface area contributed by atoms with Crippen molar-refractivity contribution >= 4 is 5.91 Å². The van der Waals surface area contributed by atoms with Crippen LogP contribution in [0.2, 0.25) is 0 Å². The number of hydrogen-bond acceptors (Lipinski definition) is 4. The van der Waals surface area contributed by atoms with Gasteiger partial charge in [0, 0.05) is 37.2 Å². The van der Waals surface area contributed by atoms with Gasteiger partial charge in [0.1, 0.15) is 5.82 Å². The quantitative estimate of drug-likeness (QED) is 0.910. The predicted molar refractivity (Wildman–Crippen MR) is 95.1 cm³/mol. The summed E-state index contributed by atoms with van der Waals surface area (Å²) in [6, 6.07) is 0.384. The molecule has 0 unspecified atom stereocenters. The zero-order chi connectivity index (χ0) is 17.6. The maximum absolute atomic E-state index is 12.7. The number of likely N-dealkylation sites (tertiary alicyclic amines) is 1. The topological polar surface area (TPSA) is 69.3 Å². The van der Waals surface area contributed by atoms with E-state index in [0.717, 1.165) is 69.4 Å². The molecule has 25 heavy (non-hydrogen) atoms. The summed E-state index contributed by atoms with van der Waals surface area (Å²) in [5.41, 5.74) is 1.73. The van der Waals surface area contributed by atoms with Crippen LogP contribution in [0.15, 0.2) is 4.79 Å². The van der Waals surface area contributed by atoms with Gasteiger partial charge in [0.15, 0.2) is 0 Å². The number of nitrogens with zero attached hydrogens (tertiary/aromatic N) is 3. The monoisotopic (exact) mass is 344 g/mol. The first-order chi connectivity index (χ1) is 12.0. The molecule has 6 heteroatoms. The number of carbonyl (C=O) groups excluding carboxylic acids is 1. The number of rotatable bonds is 3. The smallest absolute Gasteiger partial charge is 0.254 e. The van der Waals surface area contributed by atoms with Crippen molar-refractivity contribution in [1.29, 1.82) is 0 Å². The first kappa shape index (κ1) is 16.8. The van der Waals surface area contributed by atoms with Gasteiger partial charge in [-0.05, 0) is 52.4 Å². The molecule has 3 heterocycles. The molecule has 0 radical (unpaired) electrons. The molecule has 136 valence electrons. The van der Waals surface area contributed by atoms with E-state index in [1.807, 2.05) is 4.90 Å². The number of carbonyl (C=O) groups is 1. The lowest BCUT2D eigenvalue weighted by Gasteiger charge is -2.36. The Morgan fingerprint density at radius 1 is 1.20 bits per heavy atom. The van der Waals surface area contributed by atoms with Gasteiger partial charge in [-0.1, -0.05) is 0 Å². The number of piperidine rings is 1. The van der Waals surface area contributed by atoms with Crippen molar-refractivity contribution in [3.8, 4) is 0 Å². The van der Waals surface area contributed by atoms with E-state index in [0.29, 0.717) is 11.9 Å². The van der Waals surface area contributed by atoms with Gasteiger partial charge in [0.05, 0.1) is 11.7 Å². The number of hydrogen-bond donors (Lipinski definition) is 1. The average Bonchev–Trinajstić information content (AvgIpc) is 3.45. The minimum Gasteiger partial charge on any atom is -0.332 e. The maximum atomic E-state index is 12.7. The minimum atomic E-state index is -0.0609. The SMILES string of the molecule is CC(C)N1CCc2c(nc([C@H]3CCCCN3C(=O)C3CC3)[nH]c2=O)C1. The molecular formula is C19H28N4O2. The van der Waals surface area contributed by atoms with Crippen molar-refractivity contribution in [2.45, 2.75) is 71.0 Å². The molecule has 0 bridgehead atoms. The van der Waals surface area contributed by atoms with Crippen molar-refractivity contribution in [1.82, 2.24) is 19.8 Å². The molecule has 1 aliphatic carbocycles. The van der Waals surface area contributed by atoms with Crippen LogP contribution >= 0.6 is 0 Å². The Hall–Kier alpha value is -1.69. The Morgan fingerprint density at radius 2 is 2.00 bits per heavy atom. The number of nitrogens with one attached hydrogen (secondary N) is 1. The molecule has 1 saturated carbocycles. The van der Waals surface area contributed by atoms with Gasteiger partial charge in [-0.2, -0.15) is 0 Å². The number of fused-ring (bicyclic) bond motifs is 1. The summed E-state index contributed by atoms with van der Waals surface area (Å²) in [7, 11) is 0. The van der Waals surface area contributed by atoms with E-state index >= 15 is 0 Å². The third-order valence-electron chi connectivity index (χ3n) is 5.88. The molecule has 1 aromatic heterocycles. The van der Waals surface area contributed by atoms with Gasteiger partial charge >= 0.3 is 0 Å². The summed E-state index contributed by atoms with van der Waals surface area (Å²) in [6.45, 7) is 6.78. The van der Waals surface area contributed by atoms with Gasteiger partial charge in [0.25, 0.3) is 5.56 Å².